The van der Waals surface area contributed by atoms with Crippen LogP contribution in [0.1, 0.15) is 24.8 Å². The second kappa shape index (κ2) is 7.39. The molecule has 0 atom stereocenters. The van der Waals surface area contributed by atoms with Crippen molar-refractivity contribution in [3.63, 3.8) is 0 Å². The molecule has 0 saturated heterocycles. The lowest BCUT2D eigenvalue weighted by atomic mass is 10.1. The zero-order chi connectivity index (χ0) is 13.5. The summed E-state index contributed by atoms with van der Waals surface area (Å²) < 4.78 is 4.47. The van der Waals surface area contributed by atoms with Crippen molar-refractivity contribution in [1.29, 1.82) is 0 Å². The summed E-state index contributed by atoms with van der Waals surface area (Å²) in [7, 11) is 1.30. The third-order valence-electron chi connectivity index (χ3n) is 2.52. The molecular weight excluding hydrogens is 275 g/mol. The minimum atomic E-state index is -0.371. The van der Waals surface area contributed by atoms with E-state index in [9.17, 15) is 9.59 Å². The number of ketones is 1. The monoisotopic (exact) mass is 288 g/mol. The molecule has 0 bridgehead atoms. The topological polar surface area (TPSA) is 43.4 Å². The van der Waals surface area contributed by atoms with Crippen molar-refractivity contribution in [3.05, 3.63) is 33.8 Å². The molecule has 0 amide bonds. The van der Waals surface area contributed by atoms with Gasteiger partial charge in [0.15, 0.2) is 0 Å². The highest BCUT2D eigenvalue weighted by atomic mass is 35.5. The zero-order valence-corrected chi connectivity index (χ0v) is 11.6. The summed E-state index contributed by atoms with van der Waals surface area (Å²) >= 11 is 11.8. The zero-order valence-electron chi connectivity index (χ0n) is 10.0. The number of benzene rings is 1. The Morgan fingerprint density at radius 3 is 2.56 bits per heavy atom. The Kier molecular flexibility index (Phi) is 6.16. The first-order valence-corrected chi connectivity index (χ1v) is 6.31. The fourth-order valence-corrected chi connectivity index (χ4v) is 1.88. The molecule has 0 fully saturated rings. The largest absolute Gasteiger partial charge is 0.469 e. The second-order valence-electron chi connectivity index (χ2n) is 3.85. The summed E-state index contributed by atoms with van der Waals surface area (Å²) in [5, 5.41) is 1.19. The summed E-state index contributed by atoms with van der Waals surface area (Å²) in [6, 6.07) is 5.15. The van der Waals surface area contributed by atoms with Gasteiger partial charge in [-0.2, -0.15) is 0 Å². The third kappa shape index (κ3) is 5.07. The average Bonchev–Trinajstić information content (AvgIpc) is 2.36. The van der Waals surface area contributed by atoms with Crippen LogP contribution in [0.4, 0.5) is 0 Å². The average molecular weight is 289 g/mol. The fraction of sp³-hybridized carbons (Fsp3) is 0.385. The molecule has 0 aromatic heterocycles. The van der Waals surface area contributed by atoms with Gasteiger partial charge in [0.05, 0.1) is 13.5 Å². The van der Waals surface area contributed by atoms with Crippen molar-refractivity contribution >= 4 is 35.0 Å². The summed E-state index contributed by atoms with van der Waals surface area (Å²) in [6.07, 6.45) is 1.19. The van der Waals surface area contributed by atoms with E-state index in [1.54, 1.807) is 18.2 Å². The lowest BCUT2D eigenvalue weighted by Gasteiger charge is -2.04. The van der Waals surface area contributed by atoms with Gasteiger partial charge >= 0.3 is 5.97 Å². The van der Waals surface area contributed by atoms with Crippen molar-refractivity contribution < 1.29 is 14.3 Å². The van der Waals surface area contributed by atoms with E-state index in [-0.39, 0.29) is 24.6 Å². The van der Waals surface area contributed by atoms with Crippen molar-refractivity contribution in [2.75, 3.05) is 7.11 Å². The predicted octanol–water partition coefficient (Wildman–Crippen LogP) is 3.45. The first-order valence-electron chi connectivity index (χ1n) is 5.55. The molecule has 0 saturated carbocycles. The van der Waals surface area contributed by atoms with Crippen molar-refractivity contribution in [2.45, 2.75) is 25.7 Å². The van der Waals surface area contributed by atoms with Gasteiger partial charge in [0.1, 0.15) is 5.78 Å². The molecule has 3 nitrogen and oxygen atoms in total. The summed E-state index contributed by atoms with van der Waals surface area (Å²) in [5.41, 5.74) is 0.843. The molecule has 5 heteroatoms. The summed E-state index contributed by atoms with van der Waals surface area (Å²) in [6.45, 7) is 0. The van der Waals surface area contributed by atoms with Crippen LogP contribution in [0.2, 0.25) is 10.0 Å². The van der Waals surface area contributed by atoms with Crippen LogP contribution in [0.3, 0.4) is 0 Å². The van der Waals surface area contributed by atoms with Crippen LogP contribution in [0.15, 0.2) is 18.2 Å². The van der Waals surface area contributed by atoms with E-state index < -0.39 is 0 Å². The normalized spacial score (nSPS) is 10.2. The van der Waals surface area contributed by atoms with Crippen LogP contribution in [-0.2, 0) is 20.7 Å². The standard InChI is InChI=1S/C13H14Cl2O3/c1-18-13(17)7-5-11(16)4-2-9-8-10(14)3-6-12(9)15/h3,6,8H,2,4-5,7H2,1H3. The molecule has 0 radical (unpaired) electrons. The summed E-state index contributed by atoms with van der Waals surface area (Å²) in [4.78, 5) is 22.4. The predicted molar refractivity (Wildman–Crippen MR) is 71.0 cm³/mol. The molecule has 0 spiro atoms. The Morgan fingerprint density at radius 2 is 1.89 bits per heavy atom. The van der Waals surface area contributed by atoms with E-state index in [1.807, 2.05) is 0 Å². The second-order valence-corrected chi connectivity index (χ2v) is 4.69. The van der Waals surface area contributed by atoms with E-state index in [4.69, 9.17) is 23.2 Å². The van der Waals surface area contributed by atoms with E-state index in [2.05, 4.69) is 4.74 Å². The maximum absolute atomic E-state index is 11.5. The number of hydrogen-bond acceptors (Lipinski definition) is 3. The number of rotatable bonds is 6. The number of Topliss-reactive ketones (excluding diaryl/α,β-unsaturated/α-hetero) is 1. The van der Waals surface area contributed by atoms with Crippen molar-refractivity contribution in [3.8, 4) is 0 Å². The highest BCUT2D eigenvalue weighted by Crippen LogP contribution is 2.22. The van der Waals surface area contributed by atoms with Crippen LogP contribution in [0, 0.1) is 0 Å². The van der Waals surface area contributed by atoms with Gasteiger partial charge in [-0.15, -0.1) is 0 Å². The number of halogens is 2. The third-order valence-corrected chi connectivity index (χ3v) is 3.12. The number of ether oxygens (including phenoxy) is 1. The molecule has 0 unspecified atom stereocenters. The van der Waals surface area contributed by atoms with Crippen LogP contribution in [0.5, 0.6) is 0 Å². The van der Waals surface area contributed by atoms with Gasteiger partial charge in [-0.1, -0.05) is 23.2 Å². The van der Waals surface area contributed by atoms with E-state index in [0.717, 1.165) is 5.56 Å². The van der Waals surface area contributed by atoms with E-state index >= 15 is 0 Å². The molecule has 1 aromatic rings. The lowest BCUT2D eigenvalue weighted by molar-refractivity contribution is -0.141. The maximum atomic E-state index is 11.5. The van der Waals surface area contributed by atoms with Gasteiger partial charge in [0.25, 0.3) is 0 Å². The Bertz CT molecular complexity index is 444. The number of hydrogen-bond donors (Lipinski definition) is 0. The van der Waals surface area contributed by atoms with Gasteiger partial charge in [-0.05, 0) is 30.2 Å². The van der Waals surface area contributed by atoms with Gasteiger partial charge in [0.2, 0.25) is 0 Å². The van der Waals surface area contributed by atoms with Gasteiger partial charge in [0, 0.05) is 22.9 Å². The van der Waals surface area contributed by atoms with Gasteiger partial charge in [-0.25, -0.2) is 0 Å². The number of carbonyl (C=O) groups is 2. The van der Waals surface area contributed by atoms with Crippen LogP contribution in [-0.4, -0.2) is 18.9 Å². The Hall–Kier alpha value is -1.06. The molecule has 0 heterocycles. The maximum Gasteiger partial charge on any atom is 0.305 e. The fourth-order valence-electron chi connectivity index (χ4n) is 1.48. The van der Waals surface area contributed by atoms with Gasteiger partial charge < -0.3 is 4.74 Å². The van der Waals surface area contributed by atoms with Crippen molar-refractivity contribution in [1.82, 2.24) is 0 Å². The Labute approximate surface area is 116 Å². The van der Waals surface area contributed by atoms with Gasteiger partial charge in [-0.3, -0.25) is 9.59 Å². The number of aryl methyl sites for hydroxylation is 1. The summed E-state index contributed by atoms with van der Waals surface area (Å²) in [5.74, 6) is -0.361. The highest BCUT2D eigenvalue weighted by Gasteiger charge is 2.09. The molecule has 1 aromatic carbocycles. The smallest absolute Gasteiger partial charge is 0.305 e. The quantitative estimate of drug-likeness (QED) is 0.753. The minimum absolute atomic E-state index is 0.0106. The first-order chi connectivity index (χ1) is 8.52. The van der Waals surface area contributed by atoms with Crippen LogP contribution >= 0.6 is 23.2 Å². The van der Waals surface area contributed by atoms with Crippen molar-refractivity contribution in [2.24, 2.45) is 0 Å². The van der Waals surface area contributed by atoms with E-state index in [0.29, 0.717) is 22.9 Å². The Morgan fingerprint density at radius 1 is 1.17 bits per heavy atom. The number of methoxy groups -OCH3 is 1. The molecule has 0 N–H and O–H groups in total. The number of carbonyl (C=O) groups excluding carboxylic acids is 2. The molecule has 18 heavy (non-hydrogen) atoms. The Balaban J connectivity index is 2.42. The molecule has 0 aliphatic carbocycles. The van der Waals surface area contributed by atoms with Crippen LogP contribution in [0.25, 0.3) is 0 Å². The molecule has 0 aliphatic rings. The first kappa shape index (κ1) is 15.0. The molecular formula is C13H14Cl2O3. The SMILES string of the molecule is COC(=O)CCC(=O)CCc1cc(Cl)ccc1Cl. The molecule has 1 rings (SSSR count). The van der Waals surface area contributed by atoms with E-state index in [1.165, 1.54) is 7.11 Å². The lowest BCUT2D eigenvalue weighted by Crippen LogP contribution is -2.06. The van der Waals surface area contributed by atoms with Crippen LogP contribution < -0.4 is 0 Å². The highest BCUT2D eigenvalue weighted by molar-refractivity contribution is 6.33. The number of esters is 1. The molecule has 98 valence electrons. The minimum Gasteiger partial charge on any atom is -0.469 e. The molecule has 0 aliphatic heterocycles.